The summed E-state index contributed by atoms with van der Waals surface area (Å²) in [6.45, 7) is 0. The monoisotopic (exact) mass is 271 g/mol. The molecule has 3 heterocycles. The molecular weight excluding hydrogens is 262 g/mol. The maximum atomic E-state index is 11.7. The van der Waals surface area contributed by atoms with Crippen molar-refractivity contribution < 1.29 is 0 Å². The minimum Gasteiger partial charge on any atom is -0.380 e. The summed E-state index contributed by atoms with van der Waals surface area (Å²) in [5, 5.41) is 11.7. The molecule has 0 aromatic carbocycles. The molecule has 20 heavy (non-hydrogen) atoms. The molecule has 0 aliphatic rings. The lowest BCUT2D eigenvalue weighted by Crippen LogP contribution is -2.23. The molecule has 0 saturated heterocycles. The van der Waals surface area contributed by atoms with Gasteiger partial charge in [-0.25, -0.2) is 9.48 Å². The number of nitrogens with two attached hydrogens (primary N) is 1. The largest absolute Gasteiger partial charge is 0.380 e. The number of hydrogen-bond acceptors (Lipinski definition) is 6. The molecule has 100 valence electrons. The van der Waals surface area contributed by atoms with Crippen molar-refractivity contribution in [2.45, 2.75) is 0 Å². The lowest BCUT2D eigenvalue weighted by Gasteiger charge is -2.06. The zero-order valence-electron chi connectivity index (χ0n) is 10.1. The lowest BCUT2D eigenvalue weighted by molar-refractivity contribution is 0.865. The van der Waals surface area contributed by atoms with Crippen LogP contribution in [0.5, 0.6) is 0 Å². The van der Waals surface area contributed by atoms with Crippen LogP contribution in [0.15, 0.2) is 40.3 Å². The molecule has 0 fully saturated rings. The van der Waals surface area contributed by atoms with Gasteiger partial charge in [0.15, 0.2) is 5.82 Å². The van der Waals surface area contributed by atoms with Crippen molar-refractivity contribution >= 4 is 5.82 Å². The van der Waals surface area contributed by atoms with Gasteiger partial charge in [0.05, 0.1) is 5.56 Å². The molecule has 3 aromatic heterocycles. The van der Waals surface area contributed by atoms with E-state index in [2.05, 4.69) is 25.3 Å². The van der Waals surface area contributed by atoms with Crippen LogP contribution in [0.2, 0.25) is 0 Å². The van der Waals surface area contributed by atoms with Crippen LogP contribution in [-0.2, 0) is 0 Å². The highest BCUT2D eigenvalue weighted by atomic mass is 16.2. The first-order valence-electron chi connectivity index (χ1n) is 5.61. The van der Waals surface area contributed by atoms with Gasteiger partial charge < -0.3 is 10.7 Å². The van der Waals surface area contributed by atoms with Gasteiger partial charge in [-0.3, -0.25) is 9.78 Å². The van der Waals surface area contributed by atoms with Gasteiger partial charge in [-0.15, -0.1) is 10.2 Å². The SMILES string of the molecule is Nc1nnc(-c2c[nH]c(=O)[nH]c2=O)cc1-n1cccn1. The molecule has 0 atom stereocenters. The van der Waals surface area contributed by atoms with E-state index in [0.29, 0.717) is 5.69 Å². The Balaban J connectivity index is 2.19. The van der Waals surface area contributed by atoms with Crippen LogP contribution in [0.4, 0.5) is 5.82 Å². The molecule has 0 bridgehead atoms. The topological polar surface area (TPSA) is 135 Å². The maximum Gasteiger partial charge on any atom is 0.325 e. The van der Waals surface area contributed by atoms with E-state index in [4.69, 9.17) is 5.73 Å². The van der Waals surface area contributed by atoms with Crippen molar-refractivity contribution in [2.24, 2.45) is 0 Å². The summed E-state index contributed by atoms with van der Waals surface area (Å²) >= 11 is 0. The highest BCUT2D eigenvalue weighted by Crippen LogP contribution is 2.18. The normalized spacial score (nSPS) is 10.6. The number of nitrogens with one attached hydrogen (secondary N) is 2. The molecule has 0 amide bonds. The van der Waals surface area contributed by atoms with E-state index in [1.54, 1.807) is 24.5 Å². The summed E-state index contributed by atoms with van der Waals surface area (Å²) < 4.78 is 1.51. The van der Waals surface area contributed by atoms with Crippen molar-refractivity contribution in [3.05, 3.63) is 51.6 Å². The van der Waals surface area contributed by atoms with Crippen molar-refractivity contribution in [1.82, 2.24) is 29.9 Å². The van der Waals surface area contributed by atoms with E-state index in [1.165, 1.54) is 10.9 Å². The second-order valence-electron chi connectivity index (χ2n) is 3.94. The van der Waals surface area contributed by atoms with Crippen molar-refractivity contribution in [2.75, 3.05) is 5.73 Å². The second kappa shape index (κ2) is 4.46. The van der Waals surface area contributed by atoms with E-state index in [0.717, 1.165) is 0 Å². The first-order valence-corrected chi connectivity index (χ1v) is 5.61. The molecule has 0 unspecified atom stereocenters. The van der Waals surface area contributed by atoms with Gasteiger partial charge in [-0.05, 0) is 12.1 Å². The molecule has 0 aliphatic carbocycles. The molecule has 4 N–H and O–H groups in total. The number of aromatic amines is 2. The average Bonchev–Trinajstić information content (AvgIpc) is 2.93. The van der Waals surface area contributed by atoms with E-state index in [9.17, 15) is 9.59 Å². The summed E-state index contributed by atoms with van der Waals surface area (Å²) in [7, 11) is 0. The van der Waals surface area contributed by atoms with Gasteiger partial charge in [-0.2, -0.15) is 5.10 Å². The Bertz CT molecular complexity index is 863. The standard InChI is InChI=1S/C11H9N7O2/c12-9-8(18-3-1-2-14-18)4-7(16-17-9)6-5-13-11(20)15-10(6)19/h1-5H,(H2,12,17)(H2,13,15,19,20). The number of aromatic nitrogens is 6. The third-order valence-electron chi connectivity index (χ3n) is 2.65. The van der Waals surface area contributed by atoms with Gasteiger partial charge in [0, 0.05) is 18.6 Å². The maximum absolute atomic E-state index is 11.7. The number of hydrogen-bond donors (Lipinski definition) is 3. The number of nitrogen functional groups attached to an aromatic ring is 1. The fourth-order valence-corrected chi connectivity index (χ4v) is 1.72. The Morgan fingerprint density at radius 2 is 2.10 bits per heavy atom. The van der Waals surface area contributed by atoms with Gasteiger partial charge in [0.1, 0.15) is 11.4 Å². The minimum absolute atomic E-state index is 0.179. The van der Waals surface area contributed by atoms with Crippen LogP contribution < -0.4 is 17.0 Å². The zero-order chi connectivity index (χ0) is 14.1. The molecular formula is C11H9N7O2. The zero-order valence-corrected chi connectivity index (χ0v) is 10.1. The average molecular weight is 271 g/mol. The Labute approximate surface area is 111 Å². The van der Waals surface area contributed by atoms with E-state index >= 15 is 0 Å². The lowest BCUT2D eigenvalue weighted by atomic mass is 10.2. The summed E-state index contributed by atoms with van der Waals surface area (Å²) in [6.07, 6.45) is 4.55. The van der Waals surface area contributed by atoms with Gasteiger partial charge >= 0.3 is 5.69 Å². The smallest absolute Gasteiger partial charge is 0.325 e. The fourth-order valence-electron chi connectivity index (χ4n) is 1.72. The minimum atomic E-state index is -0.588. The summed E-state index contributed by atoms with van der Waals surface area (Å²) in [5.41, 5.74) is 5.55. The Kier molecular flexibility index (Phi) is 2.64. The van der Waals surface area contributed by atoms with E-state index in [-0.39, 0.29) is 17.1 Å². The van der Waals surface area contributed by atoms with Crippen LogP contribution >= 0.6 is 0 Å². The highest BCUT2D eigenvalue weighted by molar-refractivity contribution is 5.63. The van der Waals surface area contributed by atoms with Crippen LogP contribution in [0.25, 0.3) is 16.9 Å². The quantitative estimate of drug-likeness (QED) is 0.563. The van der Waals surface area contributed by atoms with Gasteiger partial charge in [0.2, 0.25) is 0 Å². The summed E-state index contributed by atoms with van der Waals surface area (Å²) in [4.78, 5) is 27.2. The number of rotatable bonds is 2. The van der Waals surface area contributed by atoms with Gasteiger partial charge in [0.25, 0.3) is 5.56 Å². The van der Waals surface area contributed by atoms with Crippen LogP contribution in [-0.4, -0.2) is 29.9 Å². The predicted molar refractivity (Wildman–Crippen MR) is 70.2 cm³/mol. The first-order chi connectivity index (χ1) is 9.65. The Hall–Kier alpha value is -3.23. The number of nitrogens with zero attached hydrogens (tertiary/aromatic N) is 4. The molecule has 0 saturated carbocycles. The van der Waals surface area contributed by atoms with Crippen molar-refractivity contribution in [3.63, 3.8) is 0 Å². The van der Waals surface area contributed by atoms with E-state index in [1.807, 2.05) is 0 Å². The van der Waals surface area contributed by atoms with Crippen LogP contribution in [0.1, 0.15) is 0 Å². The van der Waals surface area contributed by atoms with Crippen LogP contribution in [0, 0.1) is 0 Å². The molecule has 3 aromatic rings. The third-order valence-corrected chi connectivity index (χ3v) is 2.65. The molecule has 9 nitrogen and oxygen atoms in total. The van der Waals surface area contributed by atoms with Crippen molar-refractivity contribution in [1.29, 1.82) is 0 Å². The van der Waals surface area contributed by atoms with Crippen LogP contribution in [0.3, 0.4) is 0 Å². The van der Waals surface area contributed by atoms with E-state index < -0.39 is 11.2 Å². The van der Waals surface area contributed by atoms with Crippen molar-refractivity contribution in [3.8, 4) is 16.9 Å². The molecule has 0 radical (unpaired) electrons. The highest BCUT2D eigenvalue weighted by Gasteiger charge is 2.11. The number of H-pyrrole nitrogens is 2. The Morgan fingerprint density at radius 1 is 1.25 bits per heavy atom. The first kappa shape index (κ1) is 11.8. The Morgan fingerprint density at radius 3 is 2.80 bits per heavy atom. The summed E-state index contributed by atoms with van der Waals surface area (Å²) in [5.74, 6) is 0.179. The second-order valence-corrected chi connectivity index (χ2v) is 3.94. The third kappa shape index (κ3) is 1.96. The molecule has 0 spiro atoms. The molecule has 9 heteroatoms. The molecule has 0 aliphatic heterocycles. The number of anilines is 1. The predicted octanol–water partition coefficient (Wildman–Crippen LogP) is -0.712. The summed E-state index contributed by atoms with van der Waals surface area (Å²) in [6, 6.07) is 3.30. The fraction of sp³-hybridized carbons (Fsp3) is 0. The molecule has 3 rings (SSSR count). The van der Waals surface area contributed by atoms with Gasteiger partial charge in [-0.1, -0.05) is 0 Å².